The number of nitrogens with zero attached hydrogens (tertiary/aromatic N) is 3. The third kappa shape index (κ3) is 5.90. The molecule has 1 atom stereocenters. The summed E-state index contributed by atoms with van der Waals surface area (Å²) in [5.74, 6) is -1.79. The van der Waals surface area contributed by atoms with Crippen LogP contribution in [0.2, 0.25) is 10.0 Å². The molecule has 1 saturated heterocycles. The zero-order chi connectivity index (χ0) is 29.0. The molecular weight excluding hydrogens is 557 g/mol. The number of hydrogen-bond donors (Lipinski definition) is 3. The molecule has 4 rings (SSSR count). The molecule has 1 aliphatic heterocycles. The zero-order valence-electron chi connectivity index (χ0n) is 22.2. The molecule has 210 valence electrons. The van der Waals surface area contributed by atoms with Gasteiger partial charge in [-0.15, -0.1) is 0 Å². The van der Waals surface area contributed by atoms with Crippen molar-refractivity contribution in [2.75, 3.05) is 46.2 Å². The van der Waals surface area contributed by atoms with E-state index in [2.05, 4.69) is 15.6 Å². The summed E-state index contributed by atoms with van der Waals surface area (Å²) in [6.07, 6.45) is 0. The van der Waals surface area contributed by atoms with Crippen molar-refractivity contribution in [3.63, 3.8) is 0 Å². The van der Waals surface area contributed by atoms with Crippen molar-refractivity contribution in [3.05, 3.63) is 64.1 Å². The molecule has 2 heterocycles. The van der Waals surface area contributed by atoms with Crippen LogP contribution in [-0.2, 0) is 16.1 Å². The summed E-state index contributed by atoms with van der Waals surface area (Å²) < 4.78 is 5.47. The van der Waals surface area contributed by atoms with Crippen molar-refractivity contribution in [3.8, 4) is 28.3 Å². The van der Waals surface area contributed by atoms with Crippen LogP contribution in [0.1, 0.15) is 5.56 Å². The second-order valence-electron chi connectivity index (χ2n) is 9.20. The van der Waals surface area contributed by atoms with E-state index in [1.807, 2.05) is 30.3 Å². The van der Waals surface area contributed by atoms with Crippen molar-refractivity contribution in [1.29, 1.82) is 0 Å². The Hall–Kier alpha value is -3.70. The number of aromatic nitrogens is 1. The summed E-state index contributed by atoms with van der Waals surface area (Å²) in [7, 11) is 4.41. The maximum absolute atomic E-state index is 13.0. The maximum Gasteiger partial charge on any atom is 0.326 e. The number of amides is 4. The first-order valence-corrected chi connectivity index (χ1v) is 13.2. The highest BCUT2D eigenvalue weighted by molar-refractivity contribution is 6.39. The number of methoxy groups -OCH3 is 1. The molecule has 40 heavy (non-hydrogen) atoms. The lowest BCUT2D eigenvalue weighted by Crippen LogP contribution is -2.56. The van der Waals surface area contributed by atoms with E-state index in [4.69, 9.17) is 33.0 Å². The molecule has 3 aromatic rings. The Morgan fingerprint density at radius 2 is 1.73 bits per heavy atom. The fourth-order valence-corrected chi connectivity index (χ4v) is 5.04. The monoisotopic (exact) mass is 585 g/mol. The lowest BCUT2D eigenvalue weighted by atomic mass is 9.99. The molecular formula is C28H29Cl2N5O5. The Kier molecular flexibility index (Phi) is 9.26. The standard InChI is InChI=1S/C28H29Cl2N5O5/c1-34-15-20(27(38)35(2)28(34)39)25(37)32-22-9-5-7-18(24(22)30)17-6-4-8-19(23(17)29)21-11-10-16(14-31-12-13-36)26(33-21)40-3/h4-11,20,31,36H,12-15H2,1-3H3,(H,32,37). The number of pyridine rings is 1. The number of nitrogens with one attached hydrogen (secondary N) is 2. The minimum atomic E-state index is -1.07. The molecule has 0 aliphatic carbocycles. The summed E-state index contributed by atoms with van der Waals surface area (Å²) >= 11 is 13.6. The van der Waals surface area contributed by atoms with E-state index in [9.17, 15) is 14.4 Å². The van der Waals surface area contributed by atoms with E-state index in [-0.39, 0.29) is 18.2 Å². The molecule has 3 N–H and O–H groups in total. The van der Waals surface area contributed by atoms with Gasteiger partial charge in [0.15, 0.2) is 0 Å². The number of aliphatic hydroxyl groups is 1. The summed E-state index contributed by atoms with van der Waals surface area (Å²) in [6, 6.07) is 13.8. The third-order valence-electron chi connectivity index (χ3n) is 6.57. The molecule has 2 aromatic carbocycles. The maximum atomic E-state index is 13.0. The first kappa shape index (κ1) is 29.3. The van der Waals surface area contributed by atoms with Gasteiger partial charge in [0, 0.05) is 56.0 Å². The molecule has 12 heteroatoms. The number of carbonyl (C=O) groups is 3. The third-order valence-corrected chi connectivity index (χ3v) is 7.39. The van der Waals surface area contributed by atoms with Crippen molar-refractivity contribution < 1.29 is 24.2 Å². The van der Waals surface area contributed by atoms with E-state index < -0.39 is 23.8 Å². The van der Waals surface area contributed by atoms with Gasteiger partial charge in [-0.05, 0) is 12.1 Å². The Bertz CT molecular complexity index is 1450. The number of ether oxygens (including phenoxy) is 1. The number of hydrogen-bond acceptors (Lipinski definition) is 7. The fourth-order valence-electron chi connectivity index (χ4n) is 4.44. The van der Waals surface area contributed by atoms with Crippen molar-refractivity contribution in [2.24, 2.45) is 5.92 Å². The lowest BCUT2D eigenvalue weighted by molar-refractivity contribution is -0.140. The Morgan fingerprint density at radius 3 is 2.42 bits per heavy atom. The number of imide groups is 1. The van der Waals surface area contributed by atoms with Gasteiger partial charge in [0.2, 0.25) is 17.7 Å². The molecule has 0 radical (unpaired) electrons. The smallest absolute Gasteiger partial charge is 0.326 e. The van der Waals surface area contributed by atoms with Gasteiger partial charge in [-0.1, -0.05) is 59.6 Å². The number of benzene rings is 2. The van der Waals surface area contributed by atoms with E-state index >= 15 is 0 Å². The van der Waals surface area contributed by atoms with Crippen LogP contribution in [-0.4, -0.2) is 78.6 Å². The lowest BCUT2D eigenvalue weighted by Gasteiger charge is -2.33. The summed E-state index contributed by atoms with van der Waals surface area (Å²) in [5.41, 5.74) is 3.57. The van der Waals surface area contributed by atoms with E-state index in [0.717, 1.165) is 10.5 Å². The highest BCUT2D eigenvalue weighted by Crippen LogP contribution is 2.41. The van der Waals surface area contributed by atoms with Gasteiger partial charge in [-0.25, -0.2) is 9.78 Å². The zero-order valence-corrected chi connectivity index (χ0v) is 23.7. The Morgan fingerprint density at radius 1 is 1.05 bits per heavy atom. The average molecular weight is 586 g/mol. The van der Waals surface area contributed by atoms with Crippen LogP contribution >= 0.6 is 23.2 Å². The van der Waals surface area contributed by atoms with Crippen molar-refractivity contribution >= 4 is 46.7 Å². The summed E-state index contributed by atoms with van der Waals surface area (Å²) in [5, 5.41) is 15.5. The van der Waals surface area contributed by atoms with Gasteiger partial charge in [0.1, 0.15) is 5.92 Å². The van der Waals surface area contributed by atoms with Crippen LogP contribution in [0.15, 0.2) is 48.5 Å². The predicted octanol–water partition coefficient (Wildman–Crippen LogP) is 3.89. The second kappa shape index (κ2) is 12.6. The van der Waals surface area contributed by atoms with Gasteiger partial charge >= 0.3 is 6.03 Å². The number of anilines is 1. The number of halogens is 2. The molecule has 1 fully saturated rings. The van der Waals surface area contributed by atoms with Gasteiger partial charge in [0.05, 0.1) is 35.1 Å². The second-order valence-corrected chi connectivity index (χ2v) is 9.96. The van der Waals surface area contributed by atoms with E-state index in [1.165, 1.54) is 26.1 Å². The van der Waals surface area contributed by atoms with Crippen LogP contribution in [0.3, 0.4) is 0 Å². The molecule has 1 aromatic heterocycles. The predicted molar refractivity (Wildman–Crippen MR) is 153 cm³/mol. The van der Waals surface area contributed by atoms with Gasteiger partial charge in [-0.2, -0.15) is 0 Å². The van der Waals surface area contributed by atoms with Crippen molar-refractivity contribution in [1.82, 2.24) is 20.1 Å². The number of aliphatic hydroxyl groups excluding tert-OH is 1. The number of carbonyl (C=O) groups excluding carboxylic acids is 3. The van der Waals surface area contributed by atoms with Crippen LogP contribution in [0.4, 0.5) is 10.5 Å². The van der Waals surface area contributed by atoms with Crippen LogP contribution in [0.25, 0.3) is 22.4 Å². The quantitative estimate of drug-likeness (QED) is 0.257. The molecule has 1 aliphatic rings. The normalized spacial score (nSPS) is 15.4. The highest BCUT2D eigenvalue weighted by Gasteiger charge is 2.39. The van der Waals surface area contributed by atoms with Gasteiger partial charge < -0.3 is 25.4 Å². The summed E-state index contributed by atoms with van der Waals surface area (Å²) in [4.78, 5) is 44.5. The molecule has 0 bridgehead atoms. The SMILES string of the molecule is COc1nc(-c2cccc(-c3cccc(NC(=O)C4CN(C)C(=O)N(C)C4=O)c3Cl)c2Cl)ccc1CNCCO. The van der Waals surface area contributed by atoms with Gasteiger partial charge in [0.25, 0.3) is 0 Å². The highest BCUT2D eigenvalue weighted by atomic mass is 35.5. The van der Waals surface area contributed by atoms with Crippen LogP contribution in [0.5, 0.6) is 5.88 Å². The molecule has 1 unspecified atom stereocenters. The first-order valence-electron chi connectivity index (χ1n) is 12.4. The van der Waals surface area contributed by atoms with Crippen LogP contribution < -0.4 is 15.4 Å². The van der Waals surface area contributed by atoms with Crippen molar-refractivity contribution in [2.45, 2.75) is 6.54 Å². The first-order chi connectivity index (χ1) is 19.2. The molecule has 0 saturated carbocycles. The minimum Gasteiger partial charge on any atom is -0.481 e. The Balaban J connectivity index is 1.63. The average Bonchev–Trinajstić information content (AvgIpc) is 2.95. The topological polar surface area (TPSA) is 124 Å². The molecule has 10 nitrogen and oxygen atoms in total. The summed E-state index contributed by atoms with van der Waals surface area (Å²) in [6.45, 7) is 0.919. The van der Waals surface area contributed by atoms with E-state index in [1.54, 1.807) is 18.2 Å². The number of rotatable bonds is 9. The molecule has 0 spiro atoms. The van der Waals surface area contributed by atoms with Gasteiger partial charge in [-0.3, -0.25) is 14.5 Å². The largest absolute Gasteiger partial charge is 0.481 e. The molecule has 4 amide bonds. The fraction of sp³-hybridized carbons (Fsp3) is 0.286. The Labute approximate surface area is 241 Å². The number of urea groups is 1. The van der Waals surface area contributed by atoms with E-state index in [0.29, 0.717) is 52.1 Å². The van der Waals surface area contributed by atoms with Crippen LogP contribution in [0, 0.1) is 5.92 Å². The minimum absolute atomic E-state index is 0.0259.